The first kappa shape index (κ1) is 11.8. The van der Waals surface area contributed by atoms with Crippen LogP contribution >= 0.6 is 11.8 Å². The molecule has 2 bridgehead atoms. The molecule has 2 rings (SSSR count). The van der Waals surface area contributed by atoms with Gasteiger partial charge in [-0.15, -0.1) is 0 Å². The average molecular weight is 226 g/mol. The quantitative estimate of drug-likeness (QED) is 0.624. The molecule has 0 aromatic heterocycles. The molecule has 0 N–H and O–H groups in total. The predicted molar refractivity (Wildman–Crippen MR) is 70.4 cm³/mol. The molecule has 0 radical (unpaired) electrons. The van der Waals surface area contributed by atoms with Crippen LogP contribution in [0.5, 0.6) is 0 Å². The second kappa shape index (κ2) is 3.98. The van der Waals surface area contributed by atoms with Gasteiger partial charge in [0, 0.05) is 5.25 Å². The van der Waals surface area contributed by atoms with E-state index >= 15 is 0 Å². The van der Waals surface area contributed by atoms with Gasteiger partial charge in [0.2, 0.25) is 0 Å². The highest BCUT2D eigenvalue weighted by atomic mass is 32.2. The smallest absolute Gasteiger partial charge is 0.0109 e. The molecule has 1 heteroatoms. The lowest BCUT2D eigenvalue weighted by Gasteiger charge is -2.39. The summed E-state index contributed by atoms with van der Waals surface area (Å²) in [6, 6.07) is 0. The molecule has 2 aliphatic carbocycles. The highest BCUT2D eigenvalue weighted by molar-refractivity contribution is 7.99. The highest BCUT2D eigenvalue weighted by Gasteiger charge is 2.61. The second-order valence-corrected chi connectivity index (χ2v) is 7.63. The Morgan fingerprint density at radius 3 is 2.47 bits per heavy atom. The van der Waals surface area contributed by atoms with E-state index < -0.39 is 0 Å². The van der Waals surface area contributed by atoms with E-state index in [0.717, 1.165) is 11.2 Å². The number of rotatable bonds is 4. The minimum absolute atomic E-state index is 0.608. The van der Waals surface area contributed by atoms with E-state index in [2.05, 4.69) is 39.5 Å². The fourth-order valence-electron chi connectivity index (χ4n) is 3.75. The van der Waals surface area contributed by atoms with Gasteiger partial charge in [0.1, 0.15) is 0 Å². The van der Waals surface area contributed by atoms with Crippen molar-refractivity contribution in [3.63, 3.8) is 0 Å². The van der Waals surface area contributed by atoms with Crippen molar-refractivity contribution in [1.29, 1.82) is 0 Å². The molecule has 3 atom stereocenters. The van der Waals surface area contributed by atoms with Gasteiger partial charge in [-0.25, -0.2) is 0 Å². The van der Waals surface area contributed by atoms with Gasteiger partial charge in [0.15, 0.2) is 0 Å². The van der Waals surface area contributed by atoms with Gasteiger partial charge in [0.25, 0.3) is 0 Å². The van der Waals surface area contributed by atoms with E-state index in [0.29, 0.717) is 10.8 Å². The zero-order chi connectivity index (χ0) is 11.1. The van der Waals surface area contributed by atoms with Crippen LogP contribution in [-0.4, -0.2) is 11.0 Å². The summed E-state index contributed by atoms with van der Waals surface area (Å²) in [6.07, 6.45) is 7.23. The summed E-state index contributed by atoms with van der Waals surface area (Å²) >= 11 is 2.27. The maximum absolute atomic E-state index is 2.56. The minimum Gasteiger partial charge on any atom is -0.158 e. The Balaban J connectivity index is 1.99. The predicted octanol–water partition coefficient (Wildman–Crippen LogP) is 4.73. The maximum Gasteiger partial charge on any atom is 0.0109 e. The molecule has 0 unspecified atom stereocenters. The van der Waals surface area contributed by atoms with Crippen molar-refractivity contribution in [1.82, 2.24) is 0 Å². The molecular weight excluding hydrogens is 200 g/mol. The summed E-state index contributed by atoms with van der Waals surface area (Å²) in [6.45, 7) is 9.90. The normalized spacial score (nSPS) is 42.4. The minimum atomic E-state index is 0.608. The lowest BCUT2D eigenvalue weighted by atomic mass is 9.71. The summed E-state index contributed by atoms with van der Waals surface area (Å²) < 4.78 is 0. The molecule has 0 spiro atoms. The number of thioether (sulfide) groups is 1. The van der Waals surface area contributed by atoms with Gasteiger partial charge < -0.3 is 0 Å². The molecule has 0 nitrogen and oxygen atoms in total. The Bertz CT molecular complexity index is 233. The van der Waals surface area contributed by atoms with Gasteiger partial charge in [0.05, 0.1) is 0 Å². The lowest BCUT2D eigenvalue weighted by Crippen LogP contribution is -2.34. The van der Waals surface area contributed by atoms with Crippen LogP contribution in [0.3, 0.4) is 0 Å². The number of hydrogen-bond acceptors (Lipinski definition) is 1. The van der Waals surface area contributed by atoms with E-state index in [1.54, 1.807) is 0 Å². The molecule has 0 aliphatic heterocycles. The fraction of sp³-hybridized carbons (Fsp3) is 1.00. The third-order valence-electron chi connectivity index (χ3n) is 5.53. The fourth-order valence-corrected chi connectivity index (χ4v) is 5.65. The van der Waals surface area contributed by atoms with Crippen LogP contribution in [0.4, 0.5) is 0 Å². The molecule has 2 aliphatic rings. The van der Waals surface area contributed by atoms with E-state index in [9.17, 15) is 0 Å². The Morgan fingerprint density at radius 2 is 2.00 bits per heavy atom. The zero-order valence-electron chi connectivity index (χ0n) is 10.8. The highest BCUT2D eigenvalue weighted by Crippen LogP contribution is 2.68. The molecule has 0 amide bonds. The first-order valence-corrected chi connectivity index (χ1v) is 7.69. The monoisotopic (exact) mass is 226 g/mol. The molecule has 0 aromatic rings. The van der Waals surface area contributed by atoms with Gasteiger partial charge in [-0.05, 0) is 48.2 Å². The zero-order valence-corrected chi connectivity index (χ0v) is 11.6. The van der Waals surface area contributed by atoms with Gasteiger partial charge in [-0.3, -0.25) is 0 Å². The molecule has 0 saturated heterocycles. The summed E-state index contributed by atoms with van der Waals surface area (Å²) in [4.78, 5) is 0. The number of unbranched alkanes of at least 4 members (excludes halogenated alkanes) is 1. The van der Waals surface area contributed by atoms with E-state index in [1.807, 2.05) is 0 Å². The van der Waals surface area contributed by atoms with E-state index in [-0.39, 0.29) is 0 Å². The Morgan fingerprint density at radius 1 is 1.27 bits per heavy atom. The van der Waals surface area contributed by atoms with Crippen LogP contribution in [-0.2, 0) is 0 Å². The largest absolute Gasteiger partial charge is 0.158 e. The third-order valence-corrected chi connectivity index (χ3v) is 7.17. The van der Waals surface area contributed by atoms with Gasteiger partial charge in [-0.2, -0.15) is 11.8 Å². The topological polar surface area (TPSA) is 0 Å². The van der Waals surface area contributed by atoms with Gasteiger partial charge >= 0.3 is 0 Å². The summed E-state index contributed by atoms with van der Waals surface area (Å²) in [7, 11) is 0. The molecule has 2 fully saturated rings. The Labute approximate surface area is 99.6 Å². The lowest BCUT2D eigenvalue weighted by molar-refractivity contribution is 0.156. The van der Waals surface area contributed by atoms with Crippen LogP contribution in [0.1, 0.15) is 59.8 Å². The van der Waals surface area contributed by atoms with Crippen molar-refractivity contribution < 1.29 is 0 Å². The van der Waals surface area contributed by atoms with Crippen molar-refractivity contribution >= 4 is 11.8 Å². The molecular formula is C14H26S. The summed E-state index contributed by atoms with van der Waals surface area (Å²) in [5.41, 5.74) is 1.24. The molecule has 2 saturated carbocycles. The number of hydrogen-bond donors (Lipinski definition) is 0. The van der Waals surface area contributed by atoms with E-state index in [1.165, 1.54) is 37.9 Å². The van der Waals surface area contributed by atoms with Crippen molar-refractivity contribution in [2.45, 2.75) is 65.0 Å². The summed E-state index contributed by atoms with van der Waals surface area (Å²) in [5, 5.41) is 0.956. The van der Waals surface area contributed by atoms with Crippen LogP contribution in [0.2, 0.25) is 0 Å². The molecule has 15 heavy (non-hydrogen) atoms. The Hall–Kier alpha value is 0.350. The average Bonchev–Trinajstić information content (AvgIpc) is 2.51. The van der Waals surface area contributed by atoms with Crippen LogP contribution < -0.4 is 0 Å². The SMILES string of the molecule is CCCCS[C@@H]1C[C@H]2CC[C@]1(C)C2(C)C. The summed E-state index contributed by atoms with van der Waals surface area (Å²) in [5.74, 6) is 2.40. The van der Waals surface area contributed by atoms with Crippen molar-refractivity contribution in [3.8, 4) is 0 Å². The number of fused-ring (bicyclic) bond motifs is 2. The Kier molecular flexibility index (Phi) is 3.14. The van der Waals surface area contributed by atoms with Crippen molar-refractivity contribution in [2.24, 2.45) is 16.7 Å². The standard InChI is InChI=1S/C14H26S/c1-5-6-9-15-12-10-11-7-8-14(12,4)13(11,2)3/h11-12H,5-10H2,1-4H3/t11-,12-,14+/m1/s1. The first-order chi connectivity index (χ1) is 7.02. The van der Waals surface area contributed by atoms with Gasteiger partial charge in [-0.1, -0.05) is 34.1 Å². The van der Waals surface area contributed by atoms with Crippen LogP contribution in [0, 0.1) is 16.7 Å². The first-order valence-electron chi connectivity index (χ1n) is 6.64. The van der Waals surface area contributed by atoms with Crippen molar-refractivity contribution in [2.75, 3.05) is 5.75 Å². The van der Waals surface area contributed by atoms with Crippen LogP contribution in [0.25, 0.3) is 0 Å². The maximum atomic E-state index is 2.56. The second-order valence-electron chi connectivity index (χ2n) is 6.32. The third kappa shape index (κ3) is 1.66. The molecule has 88 valence electrons. The van der Waals surface area contributed by atoms with Crippen molar-refractivity contribution in [3.05, 3.63) is 0 Å². The van der Waals surface area contributed by atoms with Crippen LogP contribution in [0.15, 0.2) is 0 Å². The molecule has 0 aromatic carbocycles. The van der Waals surface area contributed by atoms with E-state index in [4.69, 9.17) is 0 Å². The molecule has 0 heterocycles.